The van der Waals surface area contributed by atoms with Crippen LogP contribution in [0.3, 0.4) is 0 Å². The van der Waals surface area contributed by atoms with Crippen LogP contribution in [-0.4, -0.2) is 75.4 Å². The Balaban J connectivity index is 1.72. The Labute approximate surface area is 183 Å². The number of methoxy groups -OCH3 is 1. The number of anilines is 3. The second-order valence-corrected chi connectivity index (χ2v) is 8.50. The van der Waals surface area contributed by atoms with Crippen molar-refractivity contribution in [2.75, 3.05) is 43.2 Å². The summed E-state index contributed by atoms with van der Waals surface area (Å²) in [6, 6.07) is 7.24. The molecule has 7 N–H and O–H groups in total. The Hall–Kier alpha value is -2.57. The third kappa shape index (κ3) is 4.41. The average Bonchev–Trinajstić information content (AvgIpc) is 3.29. The zero-order valence-corrected chi connectivity index (χ0v) is 17.8. The van der Waals surface area contributed by atoms with E-state index < -0.39 is 24.2 Å². The fourth-order valence-electron chi connectivity index (χ4n) is 3.74. The van der Waals surface area contributed by atoms with Crippen LogP contribution in [-0.2, 0) is 4.74 Å². The molecule has 1 aliphatic rings. The molecule has 0 amide bonds. The molecule has 1 saturated carbocycles. The van der Waals surface area contributed by atoms with Gasteiger partial charge in [0.2, 0.25) is 5.95 Å². The van der Waals surface area contributed by atoms with E-state index in [-0.39, 0.29) is 12.4 Å². The summed E-state index contributed by atoms with van der Waals surface area (Å²) in [7, 11) is 1.60. The highest BCUT2D eigenvalue weighted by atomic mass is 32.1. The number of nitrogens with zero attached hydrogens (tertiary/aromatic N) is 3. The minimum atomic E-state index is -1.05. The highest BCUT2D eigenvalue weighted by Gasteiger charge is 2.41. The van der Waals surface area contributed by atoms with Gasteiger partial charge >= 0.3 is 0 Å². The summed E-state index contributed by atoms with van der Waals surface area (Å²) in [6.07, 6.45) is -1.69. The molecule has 10 nitrogen and oxygen atoms in total. The minimum Gasteiger partial charge on any atom is -0.396 e. The summed E-state index contributed by atoms with van der Waals surface area (Å²) in [5, 5.41) is 37.1. The van der Waals surface area contributed by atoms with E-state index in [1.807, 2.05) is 24.3 Å². The average molecular weight is 447 g/mol. The zero-order valence-electron chi connectivity index (χ0n) is 17.0. The van der Waals surface area contributed by atoms with Crippen LogP contribution in [0.1, 0.15) is 6.42 Å². The van der Waals surface area contributed by atoms with E-state index in [2.05, 4.69) is 25.6 Å². The normalized spacial score (nSPS) is 23.4. The van der Waals surface area contributed by atoms with Gasteiger partial charge in [0.05, 0.1) is 34.5 Å². The number of aliphatic hydroxyl groups excluding tert-OH is 3. The number of benzene rings is 1. The van der Waals surface area contributed by atoms with Gasteiger partial charge in [0, 0.05) is 26.2 Å². The Morgan fingerprint density at radius 1 is 1.19 bits per heavy atom. The van der Waals surface area contributed by atoms with Crippen LogP contribution in [0.2, 0.25) is 0 Å². The standard InChI is InChI=1S/C20H26N6O4S/c1-30-7-6-22-20-25-17(21)14(19-24-11-4-2-3-5-13(11)31-19)18(26-20)23-12-8-10(9-27)15(28)16(12)29/h2-5,10,12,15-16,27-29H,6-9H2,1H3,(H4,21,22,23,25,26). The summed E-state index contributed by atoms with van der Waals surface area (Å²) in [4.78, 5) is 13.6. The molecular weight excluding hydrogens is 420 g/mol. The maximum atomic E-state index is 10.5. The van der Waals surface area contributed by atoms with E-state index in [1.165, 1.54) is 11.3 Å². The molecule has 166 valence electrons. The summed E-state index contributed by atoms with van der Waals surface area (Å²) < 4.78 is 6.05. The molecule has 1 aliphatic carbocycles. The van der Waals surface area contributed by atoms with Crippen molar-refractivity contribution in [1.29, 1.82) is 0 Å². The van der Waals surface area contributed by atoms with Crippen molar-refractivity contribution in [2.45, 2.75) is 24.7 Å². The third-order valence-electron chi connectivity index (χ3n) is 5.39. The molecule has 2 heterocycles. The summed E-state index contributed by atoms with van der Waals surface area (Å²) in [5.74, 6) is 0.537. The van der Waals surface area contributed by atoms with E-state index in [0.717, 1.165) is 10.2 Å². The van der Waals surface area contributed by atoms with Crippen LogP contribution >= 0.6 is 11.3 Å². The second-order valence-electron chi connectivity index (χ2n) is 7.47. The number of aromatic nitrogens is 3. The van der Waals surface area contributed by atoms with E-state index in [4.69, 9.17) is 10.5 Å². The lowest BCUT2D eigenvalue weighted by Gasteiger charge is -2.21. The highest BCUT2D eigenvalue weighted by Crippen LogP contribution is 2.39. The largest absolute Gasteiger partial charge is 0.396 e. The first kappa shape index (κ1) is 21.7. The van der Waals surface area contributed by atoms with Crippen molar-refractivity contribution in [1.82, 2.24) is 15.0 Å². The third-order valence-corrected chi connectivity index (χ3v) is 6.45. The molecule has 0 aliphatic heterocycles. The summed E-state index contributed by atoms with van der Waals surface area (Å²) in [5.41, 5.74) is 7.70. The number of thiazole rings is 1. The SMILES string of the molecule is COCCNc1nc(N)c(-c2nc3ccccc3s2)c(NC2CC(CO)C(O)C2O)n1. The minimum absolute atomic E-state index is 0.211. The van der Waals surface area contributed by atoms with Crippen LogP contribution in [0.5, 0.6) is 0 Å². The number of hydrogen-bond donors (Lipinski definition) is 6. The van der Waals surface area contributed by atoms with E-state index >= 15 is 0 Å². The molecule has 0 bridgehead atoms. The number of nitrogens with two attached hydrogens (primary N) is 1. The van der Waals surface area contributed by atoms with Gasteiger partial charge in [0.15, 0.2) is 0 Å². The molecule has 4 rings (SSSR count). The molecule has 0 spiro atoms. The van der Waals surface area contributed by atoms with Gasteiger partial charge in [-0.1, -0.05) is 12.1 Å². The van der Waals surface area contributed by atoms with Crippen LogP contribution in [0.4, 0.5) is 17.6 Å². The first-order valence-electron chi connectivity index (χ1n) is 10.0. The lowest BCUT2D eigenvalue weighted by atomic mass is 10.1. The van der Waals surface area contributed by atoms with Crippen LogP contribution < -0.4 is 16.4 Å². The van der Waals surface area contributed by atoms with Gasteiger partial charge in [0.25, 0.3) is 0 Å². The highest BCUT2D eigenvalue weighted by molar-refractivity contribution is 7.21. The van der Waals surface area contributed by atoms with Crippen molar-refractivity contribution >= 4 is 39.1 Å². The van der Waals surface area contributed by atoms with E-state index in [0.29, 0.717) is 41.9 Å². The summed E-state index contributed by atoms with van der Waals surface area (Å²) in [6.45, 7) is 0.751. The van der Waals surface area contributed by atoms with Gasteiger partial charge in [0.1, 0.15) is 22.7 Å². The van der Waals surface area contributed by atoms with Crippen molar-refractivity contribution in [3.05, 3.63) is 24.3 Å². The smallest absolute Gasteiger partial charge is 0.226 e. The molecule has 31 heavy (non-hydrogen) atoms. The van der Waals surface area contributed by atoms with Gasteiger partial charge in [-0.25, -0.2) is 4.98 Å². The number of para-hydroxylation sites is 1. The number of hydrogen-bond acceptors (Lipinski definition) is 11. The number of rotatable bonds is 8. The van der Waals surface area contributed by atoms with Crippen molar-refractivity contribution in [2.24, 2.45) is 5.92 Å². The lowest BCUT2D eigenvalue weighted by Crippen LogP contribution is -2.35. The number of nitrogens with one attached hydrogen (secondary N) is 2. The molecule has 0 saturated heterocycles. The first-order chi connectivity index (χ1) is 15.0. The number of fused-ring (bicyclic) bond motifs is 1. The number of aliphatic hydroxyl groups is 3. The molecule has 0 radical (unpaired) electrons. The van der Waals surface area contributed by atoms with Crippen LogP contribution in [0.25, 0.3) is 20.8 Å². The quantitative estimate of drug-likeness (QED) is 0.275. The van der Waals surface area contributed by atoms with Crippen molar-refractivity contribution in [3.8, 4) is 10.6 Å². The monoisotopic (exact) mass is 446 g/mol. The van der Waals surface area contributed by atoms with Gasteiger partial charge in [-0.15, -0.1) is 11.3 Å². The molecule has 1 fully saturated rings. The maximum Gasteiger partial charge on any atom is 0.226 e. The molecule has 11 heteroatoms. The fraction of sp³-hybridized carbons (Fsp3) is 0.450. The van der Waals surface area contributed by atoms with E-state index in [1.54, 1.807) is 7.11 Å². The molecule has 3 aromatic rings. The van der Waals surface area contributed by atoms with E-state index in [9.17, 15) is 15.3 Å². The van der Waals surface area contributed by atoms with Crippen LogP contribution in [0, 0.1) is 5.92 Å². The zero-order chi connectivity index (χ0) is 22.0. The molecule has 1 aromatic carbocycles. The molecule has 4 unspecified atom stereocenters. The van der Waals surface area contributed by atoms with Crippen LogP contribution in [0.15, 0.2) is 24.3 Å². The predicted molar refractivity (Wildman–Crippen MR) is 120 cm³/mol. The molecular formula is C20H26N6O4S. The lowest BCUT2D eigenvalue weighted by molar-refractivity contribution is 0.00446. The predicted octanol–water partition coefficient (Wildman–Crippen LogP) is 0.908. The van der Waals surface area contributed by atoms with Crippen molar-refractivity contribution < 1.29 is 20.1 Å². The Kier molecular flexibility index (Phi) is 6.49. The Morgan fingerprint density at radius 2 is 2.00 bits per heavy atom. The second kappa shape index (κ2) is 9.28. The topological polar surface area (TPSA) is 159 Å². The summed E-state index contributed by atoms with van der Waals surface area (Å²) >= 11 is 1.47. The Bertz CT molecular complexity index is 1010. The van der Waals surface area contributed by atoms with Gasteiger partial charge in [-0.2, -0.15) is 9.97 Å². The number of ether oxygens (including phenoxy) is 1. The number of nitrogen functional groups attached to an aromatic ring is 1. The van der Waals surface area contributed by atoms with Gasteiger partial charge in [-0.05, 0) is 18.6 Å². The van der Waals surface area contributed by atoms with Crippen molar-refractivity contribution in [3.63, 3.8) is 0 Å². The molecule has 2 aromatic heterocycles. The van der Waals surface area contributed by atoms with Gasteiger partial charge in [-0.3, -0.25) is 0 Å². The first-order valence-corrected chi connectivity index (χ1v) is 10.8. The fourth-order valence-corrected chi connectivity index (χ4v) is 4.76. The molecule has 4 atom stereocenters. The maximum absolute atomic E-state index is 10.5. The Morgan fingerprint density at radius 3 is 2.71 bits per heavy atom. The van der Waals surface area contributed by atoms with Gasteiger partial charge < -0.3 is 36.4 Å².